The molecule has 0 aliphatic rings. The molecule has 10 aromatic rings. The van der Waals surface area contributed by atoms with Gasteiger partial charge in [-0.2, -0.15) is 0 Å². The predicted molar refractivity (Wildman–Crippen MR) is 200 cm³/mol. The Balaban J connectivity index is 1.34. The first-order chi connectivity index (χ1) is 23.3. The molecule has 0 bridgehead atoms. The van der Waals surface area contributed by atoms with E-state index in [-0.39, 0.29) is 0 Å². The van der Waals surface area contributed by atoms with Crippen molar-refractivity contribution in [3.05, 3.63) is 170 Å². The Hall–Kier alpha value is -6.18. The number of furan rings is 1. The van der Waals surface area contributed by atoms with E-state index < -0.39 is 0 Å². The van der Waals surface area contributed by atoms with Crippen molar-refractivity contribution < 1.29 is 4.42 Å². The Morgan fingerprint density at radius 1 is 0.298 bits per heavy atom. The molecule has 218 valence electrons. The summed E-state index contributed by atoms with van der Waals surface area (Å²) in [6.07, 6.45) is 0. The van der Waals surface area contributed by atoms with Gasteiger partial charge in [-0.1, -0.05) is 158 Å². The third-order valence-electron chi connectivity index (χ3n) is 9.87. The van der Waals surface area contributed by atoms with Crippen LogP contribution in [0, 0.1) is 0 Å². The molecule has 0 saturated heterocycles. The van der Waals surface area contributed by atoms with Crippen molar-refractivity contribution in [3.8, 4) is 33.4 Å². The van der Waals surface area contributed by atoms with Crippen LogP contribution in [-0.4, -0.2) is 0 Å². The van der Waals surface area contributed by atoms with Gasteiger partial charge in [0.15, 0.2) is 0 Å². The quantitative estimate of drug-likeness (QED) is 0.146. The van der Waals surface area contributed by atoms with Crippen LogP contribution >= 0.6 is 0 Å². The maximum Gasteiger partial charge on any atom is 0.143 e. The lowest BCUT2D eigenvalue weighted by molar-refractivity contribution is 0.670. The van der Waals surface area contributed by atoms with Crippen molar-refractivity contribution in [2.45, 2.75) is 0 Å². The molecule has 0 atom stereocenters. The molecule has 10 rings (SSSR count). The van der Waals surface area contributed by atoms with Gasteiger partial charge in [0.1, 0.15) is 11.2 Å². The lowest BCUT2D eigenvalue weighted by Gasteiger charge is -2.19. The number of hydrogen-bond acceptors (Lipinski definition) is 1. The van der Waals surface area contributed by atoms with E-state index in [1.54, 1.807) is 0 Å². The predicted octanol–water partition coefficient (Wildman–Crippen LogP) is 13.2. The fourth-order valence-electron chi connectivity index (χ4n) is 7.85. The van der Waals surface area contributed by atoms with Crippen LogP contribution in [0.5, 0.6) is 0 Å². The fourth-order valence-corrected chi connectivity index (χ4v) is 7.85. The molecule has 0 aliphatic carbocycles. The Morgan fingerprint density at radius 2 is 0.851 bits per heavy atom. The summed E-state index contributed by atoms with van der Waals surface area (Å²) >= 11 is 0. The highest BCUT2D eigenvalue weighted by Crippen LogP contribution is 2.49. The first-order valence-electron chi connectivity index (χ1n) is 16.2. The Bertz CT molecular complexity index is 2780. The van der Waals surface area contributed by atoms with Crippen molar-refractivity contribution in [2.75, 3.05) is 0 Å². The lowest BCUT2D eigenvalue weighted by Crippen LogP contribution is -1.92. The summed E-state index contributed by atoms with van der Waals surface area (Å²) in [7, 11) is 0. The molecular weight excluding hydrogens is 569 g/mol. The first-order valence-corrected chi connectivity index (χ1v) is 16.2. The zero-order valence-electron chi connectivity index (χ0n) is 25.6. The summed E-state index contributed by atoms with van der Waals surface area (Å²) in [6.45, 7) is 0. The standard InChI is InChI=1S/C46H28O/c1-2-13-29(14-3-1)32-27-28-41(46-45(32)40-21-10-11-24-42(40)47-46)44-38-19-8-6-17-36(38)43(37-18-7-9-20-39(37)44)35-23-12-22-33-31-16-5-4-15-30(31)25-26-34(33)35/h1-28H. The van der Waals surface area contributed by atoms with Gasteiger partial charge in [-0.3, -0.25) is 0 Å². The van der Waals surface area contributed by atoms with Crippen molar-refractivity contribution in [3.63, 3.8) is 0 Å². The van der Waals surface area contributed by atoms with E-state index in [9.17, 15) is 0 Å². The number of benzene rings is 9. The van der Waals surface area contributed by atoms with Crippen LogP contribution in [0.25, 0.3) is 98.4 Å². The summed E-state index contributed by atoms with van der Waals surface area (Å²) in [5.41, 5.74) is 9.02. The van der Waals surface area contributed by atoms with Crippen LogP contribution < -0.4 is 0 Å². The van der Waals surface area contributed by atoms with E-state index in [4.69, 9.17) is 4.42 Å². The minimum atomic E-state index is 0.903. The zero-order chi connectivity index (χ0) is 30.9. The third kappa shape index (κ3) is 3.84. The smallest absolute Gasteiger partial charge is 0.143 e. The average molecular weight is 597 g/mol. The Labute approximate surface area is 271 Å². The molecule has 0 aliphatic heterocycles. The van der Waals surface area contributed by atoms with Crippen LogP contribution in [0.15, 0.2) is 174 Å². The average Bonchev–Trinajstić information content (AvgIpc) is 3.54. The van der Waals surface area contributed by atoms with Gasteiger partial charge in [0.05, 0.1) is 0 Å². The largest absolute Gasteiger partial charge is 0.455 e. The molecule has 0 unspecified atom stereocenters. The molecule has 1 heterocycles. The molecule has 9 aromatic carbocycles. The maximum absolute atomic E-state index is 6.81. The molecule has 0 saturated carbocycles. The minimum absolute atomic E-state index is 0.903. The number of hydrogen-bond donors (Lipinski definition) is 0. The van der Waals surface area contributed by atoms with E-state index >= 15 is 0 Å². The second-order valence-electron chi connectivity index (χ2n) is 12.4. The summed E-state index contributed by atoms with van der Waals surface area (Å²) in [6, 6.07) is 61.4. The number of fused-ring (bicyclic) bond motifs is 8. The second kappa shape index (κ2) is 10.2. The highest BCUT2D eigenvalue weighted by Gasteiger charge is 2.22. The van der Waals surface area contributed by atoms with Crippen molar-refractivity contribution in [1.82, 2.24) is 0 Å². The molecule has 47 heavy (non-hydrogen) atoms. The normalized spacial score (nSPS) is 11.8. The second-order valence-corrected chi connectivity index (χ2v) is 12.4. The van der Waals surface area contributed by atoms with E-state index in [1.165, 1.54) is 70.9 Å². The van der Waals surface area contributed by atoms with E-state index in [2.05, 4.69) is 170 Å². The van der Waals surface area contributed by atoms with E-state index in [0.717, 1.165) is 27.5 Å². The van der Waals surface area contributed by atoms with E-state index in [1.807, 2.05) is 0 Å². The van der Waals surface area contributed by atoms with Crippen LogP contribution in [0.2, 0.25) is 0 Å². The molecule has 0 fully saturated rings. The van der Waals surface area contributed by atoms with Gasteiger partial charge in [-0.15, -0.1) is 0 Å². The highest BCUT2D eigenvalue weighted by molar-refractivity contribution is 6.27. The van der Waals surface area contributed by atoms with Gasteiger partial charge in [0, 0.05) is 21.9 Å². The van der Waals surface area contributed by atoms with Gasteiger partial charge < -0.3 is 4.42 Å². The molecular formula is C46H28O. The van der Waals surface area contributed by atoms with Crippen molar-refractivity contribution >= 4 is 65.0 Å². The van der Waals surface area contributed by atoms with Crippen LogP contribution in [-0.2, 0) is 0 Å². The lowest BCUT2D eigenvalue weighted by atomic mass is 9.83. The van der Waals surface area contributed by atoms with Gasteiger partial charge in [-0.05, 0) is 77.5 Å². The zero-order valence-corrected chi connectivity index (χ0v) is 25.6. The summed E-state index contributed by atoms with van der Waals surface area (Å²) in [4.78, 5) is 0. The molecule has 0 radical (unpaired) electrons. The first kappa shape index (κ1) is 26.1. The van der Waals surface area contributed by atoms with Crippen molar-refractivity contribution in [1.29, 1.82) is 0 Å². The number of para-hydroxylation sites is 1. The van der Waals surface area contributed by atoms with Gasteiger partial charge in [0.2, 0.25) is 0 Å². The number of rotatable bonds is 3. The monoisotopic (exact) mass is 596 g/mol. The summed E-state index contributed by atoms with van der Waals surface area (Å²) in [5, 5.41) is 12.3. The van der Waals surface area contributed by atoms with Crippen LogP contribution in [0.3, 0.4) is 0 Å². The SMILES string of the molecule is c1ccc(-c2ccc(-c3c4ccccc4c(-c4cccc5c4ccc4ccccc45)c4ccccc34)c3oc4ccccc4c23)cc1. The Kier molecular flexibility index (Phi) is 5.64. The summed E-state index contributed by atoms with van der Waals surface area (Å²) in [5.74, 6) is 0. The minimum Gasteiger partial charge on any atom is -0.455 e. The van der Waals surface area contributed by atoms with Crippen LogP contribution in [0.4, 0.5) is 0 Å². The summed E-state index contributed by atoms with van der Waals surface area (Å²) < 4.78 is 6.81. The maximum atomic E-state index is 6.81. The van der Waals surface area contributed by atoms with Crippen LogP contribution in [0.1, 0.15) is 0 Å². The van der Waals surface area contributed by atoms with Gasteiger partial charge in [-0.25, -0.2) is 0 Å². The Morgan fingerprint density at radius 3 is 1.57 bits per heavy atom. The molecule has 1 heteroatoms. The van der Waals surface area contributed by atoms with Crippen molar-refractivity contribution in [2.24, 2.45) is 0 Å². The molecule has 1 aromatic heterocycles. The highest BCUT2D eigenvalue weighted by atomic mass is 16.3. The molecule has 0 amide bonds. The fraction of sp³-hybridized carbons (Fsp3) is 0. The molecule has 0 N–H and O–H groups in total. The molecule has 1 nitrogen and oxygen atoms in total. The third-order valence-corrected chi connectivity index (χ3v) is 9.87. The molecule has 0 spiro atoms. The van der Waals surface area contributed by atoms with E-state index in [0.29, 0.717) is 0 Å². The van der Waals surface area contributed by atoms with Gasteiger partial charge >= 0.3 is 0 Å². The topological polar surface area (TPSA) is 13.1 Å². The van der Waals surface area contributed by atoms with Gasteiger partial charge in [0.25, 0.3) is 0 Å².